The number of para-hydroxylation sites is 2. The van der Waals surface area contributed by atoms with Crippen LogP contribution >= 0.6 is 0 Å². The summed E-state index contributed by atoms with van der Waals surface area (Å²) in [5, 5.41) is 0. The second-order valence-electron chi connectivity index (χ2n) is 29.2. The van der Waals surface area contributed by atoms with Crippen LogP contribution in [0.25, 0.3) is 0 Å². The molecule has 2 heterocycles. The van der Waals surface area contributed by atoms with Gasteiger partial charge in [0.2, 0.25) is 0 Å². The lowest BCUT2D eigenvalue weighted by molar-refractivity contribution is 0.330. The Balaban J connectivity index is 1.21. The summed E-state index contributed by atoms with van der Waals surface area (Å²) in [4.78, 5) is 7.98. The van der Waals surface area contributed by atoms with E-state index in [1.54, 1.807) is 0 Å². The molecular formula is C75H82BN3. The van der Waals surface area contributed by atoms with Crippen LogP contribution in [0.1, 0.15) is 178 Å². The van der Waals surface area contributed by atoms with Crippen molar-refractivity contribution in [2.24, 2.45) is 0 Å². The van der Waals surface area contributed by atoms with E-state index in [1.807, 2.05) is 0 Å². The first-order valence-electron chi connectivity index (χ1n) is 29.6. The van der Waals surface area contributed by atoms with Crippen molar-refractivity contribution in [1.82, 2.24) is 0 Å². The molecule has 400 valence electrons. The van der Waals surface area contributed by atoms with Crippen LogP contribution < -0.4 is 31.1 Å². The van der Waals surface area contributed by atoms with Gasteiger partial charge in [-0.05, 0) is 205 Å². The van der Waals surface area contributed by atoms with Crippen molar-refractivity contribution in [3.63, 3.8) is 0 Å². The standard InChI is InChI=1S/C75H82BN3/c1-47-38-55-57(73(11,12)45-71(55,7)8)43-63(47)79-64-44-58-56(72(9,10)46-74(58,13)14)42-60(64)76-59-39-50(75(15,16)49-26-20-17-21-27-49)32-34-62(59)78(61-35-33-54-67(48(61)2)70(5,6)37-36-69(54,3)4)65-40-53(41-66(79)68(65)76)77(51-28-22-18-23-29-51)52-30-24-19-25-31-52/h17-35,38-44H,36-37,45-46H2,1-16H3. The van der Waals surface area contributed by atoms with Crippen LogP contribution in [0, 0.1) is 13.8 Å². The van der Waals surface area contributed by atoms with Crippen molar-refractivity contribution in [2.75, 3.05) is 14.7 Å². The number of rotatable bonds is 7. The summed E-state index contributed by atoms with van der Waals surface area (Å²) in [5.41, 5.74) is 29.3. The lowest BCUT2D eigenvalue weighted by Crippen LogP contribution is -2.62. The van der Waals surface area contributed by atoms with Crippen molar-refractivity contribution >= 4 is 74.3 Å². The van der Waals surface area contributed by atoms with Gasteiger partial charge in [-0.2, -0.15) is 0 Å². The molecule has 5 aliphatic rings. The lowest BCUT2D eigenvalue weighted by Gasteiger charge is -2.47. The molecule has 0 N–H and O–H groups in total. The van der Waals surface area contributed by atoms with E-state index >= 15 is 0 Å². The number of anilines is 9. The van der Waals surface area contributed by atoms with Crippen molar-refractivity contribution in [3.05, 3.63) is 213 Å². The minimum atomic E-state index is -0.257. The molecule has 0 unspecified atom stereocenters. The number of fused-ring (bicyclic) bond motifs is 7. The van der Waals surface area contributed by atoms with E-state index in [9.17, 15) is 0 Å². The molecule has 0 amide bonds. The summed E-state index contributed by atoms with van der Waals surface area (Å²) < 4.78 is 0. The molecule has 0 bridgehead atoms. The summed E-state index contributed by atoms with van der Waals surface area (Å²) >= 11 is 0. The maximum Gasteiger partial charge on any atom is 0.252 e. The Bertz CT molecular complexity index is 3760. The van der Waals surface area contributed by atoms with Crippen LogP contribution in [0.4, 0.5) is 51.2 Å². The van der Waals surface area contributed by atoms with Gasteiger partial charge in [0.25, 0.3) is 6.71 Å². The van der Waals surface area contributed by atoms with Crippen LogP contribution in [0.15, 0.2) is 158 Å². The third-order valence-electron chi connectivity index (χ3n) is 20.4. The second kappa shape index (κ2) is 17.1. The zero-order chi connectivity index (χ0) is 55.7. The Labute approximate surface area is 474 Å². The molecule has 13 rings (SSSR count). The van der Waals surface area contributed by atoms with Gasteiger partial charge < -0.3 is 14.7 Å². The van der Waals surface area contributed by atoms with Gasteiger partial charge in [-0.3, -0.25) is 0 Å². The molecule has 0 fully saturated rings. The van der Waals surface area contributed by atoms with Crippen molar-refractivity contribution in [1.29, 1.82) is 0 Å². The van der Waals surface area contributed by atoms with E-state index in [2.05, 4.69) is 283 Å². The molecule has 4 heteroatoms. The van der Waals surface area contributed by atoms with Gasteiger partial charge in [0.05, 0.1) is 5.69 Å². The van der Waals surface area contributed by atoms with Crippen LogP contribution in [0.2, 0.25) is 0 Å². The van der Waals surface area contributed by atoms with Gasteiger partial charge in [0.15, 0.2) is 0 Å². The van der Waals surface area contributed by atoms with Gasteiger partial charge >= 0.3 is 0 Å². The molecule has 8 aromatic rings. The maximum atomic E-state index is 2.76. The fourth-order valence-electron chi connectivity index (χ4n) is 16.7. The molecule has 2 aliphatic heterocycles. The molecule has 0 saturated heterocycles. The van der Waals surface area contributed by atoms with Gasteiger partial charge in [-0.25, -0.2) is 0 Å². The number of benzene rings is 8. The van der Waals surface area contributed by atoms with Gasteiger partial charge in [-0.1, -0.05) is 194 Å². The average molecular weight is 1040 g/mol. The number of aryl methyl sites for hydroxylation is 1. The smallest absolute Gasteiger partial charge is 0.252 e. The fourth-order valence-corrected chi connectivity index (χ4v) is 16.7. The summed E-state index contributed by atoms with van der Waals surface area (Å²) in [6, 6.07) is 61.6. The maximum absolute atomic E-state index is 2.76. The number of hydrogen-bond acceptors (Lipinski definition) is 3. The Morgan fingerprint density at radius 1 is 0.392 bits per heavy atom. The highest BCUT2D eigenvalue weighted by Gasteiger charge is 2.51. The van der Waals surface area contributed by atoms with Crippen molar-refractivity contribution in [3.8, 4) is 0 Å². The van der Waals surface area contributed by atoms with E-state index in [0.29, 0.717) is 0 Å². The van der Waals surface area contributed by atoms with E-state index in [4.69, 9.17) is 0 Å². The van der Waals surface area contributed by atoms with Crippen LogP contribution in [0.3, 0.4) is 0 Å². The molecule has 3 nitrogen and oxygen atoms in total. The molecule has 0 radical (unpaired) electrons. The van der Waals surface area contributed by atoms with Crippen LogP contribution in [-0.4, -0.2) is 6.71 Å². The highest BCUT2D eigenvalue weighted by Crippen LogP contribution is 2.58. The zero-order valence-electron chi connectivity index (χ0n) is 50.3. The van der Waals surface area contributed by atoms with Crippen molar-refractivity contribution in [2.45, 2.75) is 174 Å². The first-order chi connectivity index (χ1) is 37.2. The quantitative estimate of drug-likeness (QED) is 0.147. The van der Waals surface area contributed by atoms with E-state index in [-0.39, 0.29) is 44.6 Å². The normalized spacial score (nSPS) is 19.0. The molecule has 0 saturated carbocycles. The monoisotopic (exact) mass is 1040 g/mol. The third kappa shape index (κ3) is 7.72. The first-order valence-corrected chi connectivity index (χ1v) is 29.6. The summed E-state index contributed by atoms with van der Waals surface area (Å²) in [7, 11) is 0. The van der Waals surface area contributed by atoms with Crippen molar-refractivity contribution < 1.29 is 0 Å². The van der Waals surface area contributed by atoms with Gasteiger partial charge in [0.1, 0.15) is 0 Å². The largest absolute Gasteiger partial charge is 0.311 e. The predicted molar refractivity (Wildman–Crippen MR) is 340 cm³/mol. The van der Waals surface area contributed by atoms with E-state index in [0.717, 1.165) is 36.3 Å². The van der Waals surface area contributed by atoms with Crippen LogP contribution in [0.5, 0.6) is 0 Å². The predicted octanol–water partition coefficient (Wildman–Crippen LogP) is 18.4. The molecule has 0 atom stereocenters. The van der Waals surface area contributed by atoms with Gasteiger partial charge in [-0.15, -0.1) is 0 Å². The molecule has 8 aromatic carbocycles. The minimum Gasteiger partial charge on any atom is -0.311 e. The number of hydrogen-bond donors (Lipinski definition) is 0. The highest BCUT2D eigenvalue weighted by molar-refractivity contribution is 7.00. The SMILES string of the molecule is Cc1cc2c(cc1N1c3cc4c(cc3B3c5cc(C(C)(C)c6ccccc6)ccc5N(c5ccc6c(c5C)C(C)(C)CCC6(C)C)c5cc(N(c6ccccc6)c6ccccc6)cc1c53)C(C)(C)CC4(C)C)C(C)(C)CC2(C)C. The fraction of sp³-hybridized carbons (Fsp3) is 0.360. The van der Waals surface area contributed by atoms with E-state index in [1.165, 1.54) is 113 Å². The zero-order valence-corrected chi connectivity index (χ0v) is 50.3. The molecule has 0 spiro atoms. The Kier molecular flexibility index (Phi) is 11.2. The third-order valence-corrected chi connectivity index (χ3v) is 20.4. The molecule has 3 aliphatic carbocycles. The summed E-state index contributed by atoms with van der Waals surface area (Å²) in [5.74, 6) is 0. The lowest BCUT2D eigenvalue weighted by atomic mass is 9.33. The van der Waals surface area contributed by atoms with Gasteiger partial charge in [0, 0.05) is 50.9 Å². The molecular weight excluding hydrogens is 954 g/mol. The summed E-state index contributed by atoms with van der Waals surface area (Å²) in [6.07, 6.45) is 4.54. The van der Waals surface area contributed by atoms with Crippen LogP contribution in [-0.2, 0) is 37.9 Å². The Morgan fingerprint density at radius 2 is 0.861 bits per heavy atom. The summed E-state index contributed by atoms with van der Waals surface area (Å²) in [6.45, 7) is 39.4. The molecule has 79 heavy (non-hydrogen) atoms. The first kappa shape index (κ1) is 51.6. The Hall–Kier alpha value is -6.78. The highest BCUT2D eigenvalue weighted by atomic mass is 15.2. The molecule has 0 aromatic heterocycles. The Morgan fingerprint density at radius 3 is 1.43 bits per heavy atom. The topological polar surface area (TPSA) is 9.72 Å². The number of nitrogens with zero attached hydrogens (tertiary/aromatic N) is 3. The van der Waals surface area contributed by atoms with E-state index < -0.39 is 0 Å². The minimum absolute atomic E-state index is 0.00186. The average Bonchev–Trinajstić information content (AvgIpc) is 3.85. The second-order valence-corrected chi connectivity index (χ2v) is 29.2.